The molecule has 0 aliphatic carbocycles. The van der Waals surface area contributed by atoms with Crippen molar-refractivity contribution in [3.8, 4) is 5.75 Å². The SMILES string of the molecule is COCC(C)C(CN)Cc1ccc(OC)cc1. The third-order valence-corrected chi connectivity index (χ3v) is 3.19. The summed E-state index contributed by atoms with van der Waals surface area (Å²) in [4.78, 5) is 0. The minimum Gasteiger partial charge on any atom is -0.497 e. The number of methoxy groups -OCH3 is 2. The van der Waals surface area contributed by atoms with Crippen LogP contribution in [0.4, 0.5) is 0 Å². The van der Waals surface area contributed by atoms with Crippen LogP contribution in [0.2, 0.25) is 0 Å². The molecule has 2 atom stereocenters. The Labute approximate surface area is 104 Å². The van der Waals surface area contributed by atoms with Gasteiger partial charge in [-0.2, -0.15) is 0 Å². The van der Waals surface area contributed by atoms with Gasteiger partial charge in [0.1, 0.15) is 5.75 Å². The van der Waals surface area contributed by atoms with Crippen molar-refractivity contribution in [3.05, 3.63) is 29.8 Å². The molecule has 0 bridgehead atoms. The maximum atomic E-state index is 5.83. The molecule has 0 heterocycles. The number of rotatable bonds is 7. The maximum absolute atomic E-state index is 5.83. The van der Waals surface area contributed by atoms with Crippen LogP contribution < -0.4 is 10.5 Å². The molecule has 1 rings (SSSR count). The molecule has 0 amide bonds. The monoisotopic (exact) mass is 237 g/mol. The number of hydrogen-bond donors (Lipinski definition) is 1. The second kappa shape index (κ2) is 7.30. The smallest absolute Gasteiger partial charge is 0.118 e. The molecule has 0 saturated carbocycles. The zero-order valence-corrected chi connectivity index (χ0v) is 11.0. The van der Waals surface area contributed by atoms with Gasteiger partial charge < -0.3 is 15.2 Å². The van der Waals surface area contributed by atoms with Gasteiger partial charge in [-0.25, -0.2) is 0 Å². The van der Waals surface area contributed by atoms with Gasteiger partial charge in [-0.05, 0) is 42.5 Å². The fraction of sp³-hybridized carbons (Fsp3) is 0.571. The highest BCUT2D eigenvalue weighted by molar-refractivity contribution is 5.27. The van der Waals surface area contributed by atoms with Crippen molar-refractivity contribution in [1.82, 2.24) is 0 Å². The summed E-state index contributed by atoms with van der Waals surface area (Å²) in [7, 11) is 3.41. The molecule has 17 heavy (non-hydrogen) atoms. The largest absolute Gasteiger partial charge is 0.497 e. The van der Waals surface area contributed by atoms with Gasteiger partial charge in [-0.3, -0.25) is 0 Å². The first-order valence-electron chi connectivity index (χ1n) is 6.03. The fourth-order valence-electron chi connectivity index (χ4n) is 1.98. The van der Waals surface area contributed by atoms with Crippen LogP contribution in [0.5, 0.6) is 5.75 Å². The molecular weight excluding hydrogens is 214 g/mol. The number of ether oxygens (including phenoxy) is 2. The first kappa shape index (κ1) is 14.0. The highest BCUT2D eigenvalue weighted by Gasteiger charge is 2.16. The highest BCUT2D eigenvalue weighted by atomic mass is 16.5. The van der Waals surface area contributed by atoms with Crippen molar-refractivity contribution >= 4 is 0 Å². The van der Waals surface area contributed by atoms with Gasteiger partial charge >= 0.3 is 0 Å². The molecule has 0 aliphatic rings. The van der Waals surface area contributed by atoms with E-state index >= 15 is 0 Å². The zero-order valence-electron chi connectivity index (χ0n) is 11.0. The number of hydrogen-bond acceptors (Lipinski definition) is 3. The highest BCUT2D eigenvalue weighted by Crippen LogP contribution is 2.19. The number of benzene rings is 1. The molecule has 0 aromatic heterocycles. The Morgan fingerprint density at radius 3 is 2.29 bits per heavy atom. The fourth-order valence-corrected chi connectivity index (χ4v) is 1.98. The Hall–Kier alpha value is -1.06. The summed E-state index contributed by atoms with van der Waals surface area (Å²) in [6.07, 6.45) is 0.991. The van der Waals surface area contributed by atoms with E-state index in [4.69, 9.17) is 15.2 Å². The molecule has 0 fully saturated rings. The molecule has 0 spiro atoms. The van der Waals surface area contributed by atoms with Crippen LogP contribution in [0.15, 0.2) is 24.3 Å². The normalized spacial score (nSPS) is 14.4. The van der Waals surface area contributed by atoms with Gasteiger partial charge in [0.2, 0.25) is 0 Å². The second-order valence-electron chi connectivity index (χ2n) is 4.48. The Bertz CT molecular complexity index is 311. The number of nitrogens with two attached hydrogens (primary N) is 1. The molecule has 0 aliphatic heterocycles. The Morgan fingerprint density at radius 1 is 1.18 bits per heavy atom. The lowest BCUT2D eigenvalue weighted by molar-refractivity contribution is 0.131. The third-order valence-electron chi connectivity index (χ3n) is 3.19. The minimum atomic E-state index is 0.461. The predicted molar refractivity (Wildman–Crippen MR) is 70.3 cm³/mol. The third kappa shape index (κ3) is 4.36. The summed E-state index contributed by atoms with van der Waals surface area (Å²) >= 11 is 0. The molecule has 3 heteroatoms. The molecule has 2 N–H and O–H groups in total. The van der Waals surface area contributed by atoms with E-state index in [1.165, 1.54) is 5.56 Å². The van der Waals surface area contributed by atoms with Crippen molar-refractivity contribution in [3.63, 3.8) is 0 Å². The lowest BCUT2D eigenvalue weighted by Gasteiger charge is -2.22. The molecule has 3 nitrogen and oxygen atoms in total. The maximum Gasteiger partial charge on any atom is 0.118 e. The standard InChI is InChI=1S/C14H23NO2/c1-11(10-16-2)13(9-15)8-12-4-6-14(17-3)7-5-12/h4-7,11,13H,8-10,15H2,1-3H3. The average Bonchev–Trinajstić information content (AvgIpc) is 2.37. The van der Waals surface area contributed by atoms with Crippen molar-refractivity contribution < 1.29 is 9.47 Å². The Morgan fingerprint density at radius 2 is 1.82 bits per heavy atom. The van der Waals surface area contributed by atoms with Crippen molar-refractivity contribution in [1.29, 1.82) is 0 Å². The van der Waals surface area contributed by atoms with E-state index in [-0.39, 0.29) is 0 Å². The molecular formula is C14H23NO2. The van der Waals surface area contributed by atoms with E-state index in [1.807, 2.05) is 12.1 Å². The van der Waals surface area contributed by atoms with E-state index in [0.717, 1.165) is 18.8 Å². The molecule has 0 radical (unpaired) electrons. The summed E-state index contributed by atoms with van der Waals surface area (Å²) in [5.74, 6) is 1.83. The quantitative estimate of drug-likeness (QED) is 0.790. The minimum absolute atomic E-state index is 0.461. The average molecular weight is 237 g/mol. The van der Waals surface area contributed by atoms with E-state index in [9.17, 15) is 0 Å². The van der Waals surface area contributed by atoms with Crippen LogP contribution in [0.3, 0.4) is 0 Å². The lowest BCUT2D eigenvalue weighted by Crippen LogP contribution is -2.26. The van der Waals surface area contributed by atoms with E-state index in [0.29, 0.717) is 18.4 Å². The van der Waals surface area contributed by atoms with Crippen molar-refractivity contribution in [2.24, 2.45) is 17.6 Å². The summed E-state index contributed by atoms with van der Waals surface area (Å²) in [5, 5.41) is 0. The predicted octanol–water partition coefficient (Wildman–Crippen LogP) is 2.10. The van der Waals surface area contributed by atoms with Crippen LogP contribution in [-0.2, 0) is 11.2 Å². The van der Waals surface area contributed by atoms with Gasteiger partial charge in [0, 0.05) is 13.7 Å². The molecule has 0 saturated heterocycles. The first-order chi connectivity index (χ1) is 8.21. The van der Waals surface area contributed by atoms with Gasteiger partial charge in [0.15, 0.2) is 0 Å². The summed E-state index contributed by atoms with van der Waals surface area (Å²) in [6.45, 7) is 3.64. The summed E-state index contributed by atoms with van der Waals surface area (Å²) in [6, 6.07) is 8.18. The zero-order chi connectivity index (χ0) is 12.7. The Balaban J connectivity index is 2.60. The van der Waals surface area contributed by atoms with Gasteiger partial charge in [-0.15, -0.1) is 0 Å². The summed E-state index contributed by atoms with van der Waals surface area (Å²) in [5.41, 5.74) is 7.12. The van der Waals surface area contributed by atoms with Crippen LogP contribution in [0, 0.1) is 11.8 Å². The van der Waals surface area contributed by atoms with Crippen LogP contribution in [-0.4, -0.2) is 27.4 Å². The molecule has 96 valence electrons. The first-order valence-corrected chi connectivity index (χ1v) is 6.03. The van der Waals surface area contributed by atoms with Gasteiger partial charge in [0.25, 0.3) is 0 Å². The van der Waals surface area contributed by atoms with E-state index in [2.05, 4.69) is 19.1 Å². The summed E-state index contributed by atoms with van der Waals surface area (Å²) < 4.78 is 10.3. The topological polar surface area (TPSA) is 44.5 Å². The molecule has 2 unspecified atom stereocenters. The van der Waals surface area contributed by atoms with Gasteiger partial charge in [0.05, 0.1) is 7.11 Å². The van der Waals surface area contributed by atoms with Crippen LogP contribution in [0.1, 0.15) is 12.5 Å². The van der Waals surface area contributed by atoms with E-state index < -0.39 is 0 Å². The second-order valence-corrected chi connectivity index (χ2v) is 4.48. The molecule has 1 aromatic rings. The van der Waals surface area contributed by atoms with E-state index in [1.54, 1.807) is 14.2 Å². The van der Waals surface area contributed by atoms with Crippen LogP contribution >= 0.6 is 0 Å². The van der Waals surface area contributed by atoms with Crippen LogP contribution in [0.25, 0.3) is 0 Å². The van der Waals surface area contributed by atoms with Gasteiger partial charge in [-0.1, -0.05) is 19.1 Å². The van der Waals surface area contributed by atoms with Crippen molar-refractivity contribution in [2.45, 2.75) is 13.3 Å². The lowest BCUT2D eigenvalue weighted by atomic mass is 9.88. The van der Waals surface area contributed by atoms with Crippen molar-refractivity contribution in [2.75, 3.05) is 27.4 Å². The molecule has 1 aromatic carbocycles. The Kier molecular flexibility index (Phi) is 6.01.